The van der Waals surface area contributed by atoms with Crippen LogP contribution in [-0.4, -0.2) is 48.8 Å². The standard InChI is InChI=1S/C15H26N4OS2/c1-4-12-9-17-13(22-12)10-18-14(16-2)19-11-15(21-3)5-7-20-8-6-15/h9H,4-8,10-11H2,1-3H3,(H2,16,18,19). The second-order valence-corrected chi connectivity index (χ2v) is 7.83. The van der Waals surface area contributed by atoms with Crippen LogP contribution in [0.1, 0.15) is 29.7 Å². The van der Waals surface area contributed by atoms with Gasteiger partial charge in [-0.15, -0.1) is 11.3 Å². The van der Waals surface area contributed by atoms with Crippen LogP contribution < -0.4 is 10.6 Å². The van der Waals surface area contributed by atoms with Crippen LogP contribution in [0.25, 0.3) is 0 Å². The number of nitrogens with one attached hydrogen (secondary N) is 2. The Morgan fingerprint density at radius 2 is 2.23 bits per heavy atom. The zero-order valence-electron chi connectivity index (χ0n) is 13.6. The van der Waals surface area contributed by atoms with Crippen molar-refractivity contribution in [3.05, 3.63) is 16.1 Å². The Morgan fingerprint density at radius 1 is 1.45 bits per heavy atom. The number of hydrogen-bond donors (Lipinski definition) is 2. The molecule has 1 aliphatic heterocycles. The number of rotatable bonds is 6. The Bertz CT molecular complexity index is 484. The van der Waals surface area contributed by atoms with Gasteiger partial charge in [-0.05, 0) is 25.5 Å². The van der Waals surface area contributed by atoms with Crippen LogP contribution in [0, 0.1) is 0 Å². The predicted molar refractivity (Wildman–Crippen MR) is 96.0 cm³/mol. The number of nitrogens with zero attached hydrogens (tertiary/aromatic N) is 2. The van der Waals surface area contributed by atoms with E-state index in [1.54, 1.807) is 11.3 Å². The minimum atomic E-state index is 0.256. The summed E-state index contributed by atoms with van der Waals surface area (Å²) >= 11 is 3.69. The van der Waals surface area contributed by atoms with E-state index in [2.05, 4.69) is 33.8 Å². The molecule has 5 nitrogen and oxygen atoms in total. The first-order chi connectivity index (χ1) is 10.7. The zero-order chi connectivity index (χ0) is 15.8. The Kier molecular flexibility index (Phi) is 6.98. The zero-order valence-corrected chi connectivity index (χ0v) is 15.3. The molecule has 2 heterocycles. The number of thioether (sulfide) groups is 1. The number of aromatic nitrogens is 1. The fourth-order valence-corrected chi connectivity index (χ4v) is 4.01. The average Bonchev–Trinajstić information content (AvgIpc) is 3.04. The van der Waals surface area contributed by atoms with Crippen molar-refractivity contribution in [2.45, 2.75) is 37.5 Å². The van der Waals surface area contributed by atoms with Crippen molar-refractivity contribution in [3.63, 3.8) is 0 Å². The summed E-state index contributed by atoms with van der Waals surface area (Å²) in [5.41, 5.74) is 0. The molecule has 0 amide bonds. The van der Waals surface area contributed by atoms with Gasteiger partial charge in [-0.2, -0.15) is 11.8 Å². The molecule has 2 rings (SSSR count). The second-order valence-electron chi connectivity index (χ2n) is 5.35. The highest BCUT2D eigenvalue weighted by molar-refractivity contribution is 8.00. The summed E-state index contributed by atoms with van der Waals surface area (Å²) in [6.45, 7) is 5.50. The summed E-state index contributed by atoms with van der Waals surface area (Å²) in [6, 6.07) is 0. The van der Waals surface area contributed by atoms with E-state index in [1.165, 1.54) is 4.88 Å². The van der Waals surface area contributed by atoms with Crippen molar-refractivity contribution in [2.24, 2.45) is 4.99 Å². The van der Waals surface area contributed by atoms with Gasteiger partial charge in [0, 0.05) is 42.6 Å². The van der Waals surface area contributed by atoms with E-state index in [9.17, 15) is 0 Å². The van der Waals surface area contributed by atoms with Crippen molar-refractivity contribution in [1.29, 1.82) is 0 Å². The molecule has 0 saturated carbocycles. The topological polar surface area (TPSA) is 58.5 Å². The van der Waals surface area contributed by atoms with E-state index in [0.29, 0.717) is 0 Å². The first-order valence-corrected chi connectivity index (χ1v) is 9.76. The summed E-state index contributed by atoms with van der Waals surface area (Å²) in [7, 11) is 1.81. The Hall–Kier alpha value is -0.790. The molecule has 7 heteroatoms. The molecular formula is C15H26N4OS2. The molecule has 22 heavy (non-hydrogen) atoms. The van der Waals surface area contributed by atoms with Crippen molar-refractivity contribution in [2.75, 3.05) is 33.1 Å². The molecule has 2 N–H and O–H groups in total. The quantitative estimate of drug-likeness (QED) is 0.613. The maximum absolute atomic E-state index is 5.48. The van der Waals surface area contributed by atoms with Gasteiger partial charge in [0.2, 0.25) is 0 Å². The van der Waals surface area contributed by atoms with E-state index >= 15 is 0 Å². The van der Waals surface area contributed by atoms with Crippen LogP contribution >= 0.6 is 23.1 Å². The fraction of sp³-hybridized carbons (Fsp3) is 0.733. The largest absolute Gasteiger partial charge is 0.381 e. The Labute approximate surface area is 141 Å². The molecule has 0 aliphatic carbocycles. The lowest BCUT2D eigenvalue weighted by molar-refractivity contribution is 0.0783. The first kappa shape index (κ1) is 17.6. The minimum Gasteiger partial charge on any atom is -0.381 e. The maximum Gasteiger partial charge on any atom is 0.191 e. The van der Waals surface area contributed by atoms with E-state index in [4.69, 9.17) is 4.74 Å². The van der Waals surface area contributed by atoms with E-state index in [0.717, 1.165) is 56.5 Å². The summed E-state index contributed by atoms with van der Waals surface area (Å²) in [5, 5.41) is 7.91. The van der Waals surface area contributed by atoms with Crippen molar-refractivity contribution >= 4 is 29.1 Å². The van der Waals surface area contributed by atoms with Crippen LogP contribution in [0.3, 0.4) is 0 Å². The molecule has 0 radical (unpaired) electrons. The van der Waals surface area contributed by atoms with Crippen molar-refractivity contribution < 1.29 is 4.74 Å². The Balaban J connectivity index is 1.81. The molecule has 1 fully saturated rings. The molecule has 1 aliphatic rings. The number of aryl methyl sites for hydroxylation is 1. The molecule has 0 aromatic carbocycles. The first-order valence-electron chi connectivity index (χ1n) is 7.72. The molecule has 1 aromatic rings. The highest BCUT2D eigenvalue weighted by atomic mass is 32.2. The molecule has 1 saturated heterocycles. The van der Waals surface area contributed by atoms with Gasteiger partial charge in [-0.3, -0.25) is 4.99 Å². The van der Waals surface area contributed by atoms with Gasteiger partial charge in [0.15, 0.2) is 5.96 Å². The normalized spacial score (nSPS) is 18.2. The van der Waals surface area contributed by atoms with Gasteiger partial charge in [-0.25, -0.2) is 4.98 Å². The lowest BCUT2D eigenvalue weighted by atomic mass is 9.99. The monoisotopic (exact) mass is 342 g/mol. The highest BCUT2D eigenvalue weighted by Crippen LogP contribution is 2.32. The molecule has 0 unspecified atom stereocenters. The van der Waals surface area contributed by atoms with Crippen LogP contribution in [0.5, 0.6) is 0 Å². The minimum absolute atomic E-state index is 0.256. The third-order valence-corrected chi connectivity index (χ3v) is 6.56. The predicted octanol–water partition coefficient (Wildman–Crippen LogP) is 2.28. The number of ether oxygens (including phenoxy) is 1. The number of hydrogen-bond acceptors (Lipinski definition) is 5. The molecule has 0 spiro atoms. The number of guanidine groups is 1. The molecule has 1 aromatic heterocycles. The summed E-state index contributed by atoms with van der Waals surface area (Å²) < 4.78 is 5.74. The second kappa shape index (κ2) is 8.74. The number of thiazole rings is 1. The van der Waals surface area contributed by atoms with Crippen LogP contribution in [0.2, 0.25) is 0 Å². The summed E-state index contributed by atoms with van der Waals surface area (Å²) in [4.78, 5) is 10.1. The third kappa shape index (κ3) is 4.86. The van der Waals surface area contributed by atoms with Gasteiger partial charge in [0.05, 0.1) is 6.54 Å². The van der Waals surface area contributed by atoms with Crippen LogP contribution in [0.15, 0.2) is 11.2 Å². The molecule has 0 atom stereocenters. The maximum atomic E-state index is 5.48. The van der Waals surface area contributed by atoms with Gasteiger partial charge in [0.1, 0.15) is 5.01 Å². The fourth-order valence-electron chi connectivity index (χ4n) is 2.41. The van der Waals surface area contributed by atoms with Crippen molar-refractivity contribution in [3.8, 4) is 0 Å². The SMILES string of the molecule is CCc1cnc(CNC(=NC)NCC2(SC)CCOCC2)s1. The van der Waals surface area contributed by atoms with Gasteiger partial charge < -0.3 is 15.4 Å². The van der Waals surface area contributed by atoms with Crippen LogP contribution in [-0.2, 0) is 17.7 Å². The molecule has 0 bridgehead atoms. The van der Waals surface area contributed by atoms with Gasteiger partial charge in [-0.1, -0.05) is 6.92 Å². The van der Waals surface area contributed by atoms with Crippen molar-refractivity contribution in [1.82, 2.24) is 15.6 Å². The summed E-state index contributed by atoms with van der Waals surface area (Å²) in [5.74, 6) is 0.841. The number of aliphatic imine (C=N–C) groups is 1. The van der Waals surface area contributed by atoms with Gasteiger partial charge in [0.25, 0.3) is 0 Å². The lowest BCUT2D eigenvalue weighted by Gasteiger charge is -2.36. The Morgan fingerprint density at radius 3 is 2.82 bits per heavy atom. The lowest BCUT2D eigenvalue weighted by Crippen LogP contribution is -2.47. The third-order valence-electron chi connectivity index (χ3n) is 4.00. The smallest absolute Gasteiger partial charge is 0.191 e. The average molecular weight is 343 g/mol. The van der Waals surface area contributed by atoms with E-state index in [-0.39, 0.29) is 4.75 Å². The van der Waals surface area contributed by atoms with Crippen LogP contribution in [0.4, 0.5) is 0 Å². The molecular weight excluding hydrogens is 316 g/mol. The van der Waals surface area contributed by atoms with E-state index < -0.39 is 0 Å². The highest BCUT2D eigenvalue weighted by Gasteiger charge is 2.31. The molecule has 124 valence electrons. The van der Waals surface area contributed by atoms with Gasteiger partial charge >= 0.3 is 0 Å². The summed E-state index contributed by atoms with van der Waals surface area (Å²) in [6.07, 6.45) is 7.37. The van der Waals surface area contributed by atoms with E-state index in [1.807, 2.05) is 25.0 Å².